The highest BCUT2D eigenvalue weighted by atomic mass is 16.5. The van der Waals surface area contributed by atoms with Crippen LogP contribution in [0.5, 0.6) is 17.2 Å². The maximum atomic E-state index is 5.67. The van der Waals surface area contributed by atoms with Crippen LogP contribution in [0.1, 0.15) is 19.4 Å². The normalized spacial score (nSPS) is 10.1. The third kappa shape index (κ3) is 2.69. The molecule has 0 aliphatic rings. The topological polar surface area (TPSA) is 27.7 Å². The second kappa shape index (κ2) is 5.45. The highest BCUT2D eigenvalue weighted by Gasteiger charge is 2.11. The maximum absolute atomic E-state index is 5.67. The lowest BCUT2D eigenvalue weighted by molar-refractivity contribution is 0.240. The zero-order chi connectivity index (χ0) is 12.1. The predicted molar refractivity (Wildman–Crippen MR) is 65.4 cm³/mol. The molecule has 0 unspecified atom stereocenters. The van der Waals surface area contributed by atoms with E-state index in [1.807, 2.05) is 26.0 Å². The van der Waals surface area contributed by atoms with Gasteiger partial charge in [-0.3, -0.25) is 0 Å². The standard InChI is InChI=1S/C13H18O3/c1-6-10-7-12(14-4)13(15-5)8-11(10)16-9(2)3/h6-9H,1H2,2-5H3. The SMILES string of the molecule is C=Cc1cc(OC)c(OC)cc1OC(C)C. The van der Waals surface area contributed by atoms with Crippen LogP contribution in [0, 0.1) is 0 Å². The minimum absolute atomic E-state index is 0.108. The number of methoxy groups -OCH3 is 2. The van der Waals surface area contributed by atoms with E-state index in [4.69, 9.17) is 14.2 Å². The van der Waals surface area contributed by atoms with E-state index in [1.165, 1.54) is 0 Å². The molecule has 0 aliphatic heterocycles. The third-order valence-electron chi connectivity index (χ3n) is 2.10. The molecule has 0 radical (unpaired) electrons. The molecule has 0 amide bonds. The fourth-order valence-electron chi connectivity index (χ4n) is 1.39. The van der Waals surface area contributed by atoms with E-state index < -0.39 is 0 Å². The number of rotatable bonds is 5. The molecule has 1 aromatic carbocycles. The second-order valence-electron chi connectivity index (χ2n) is 3.62. The van der Waals surface area contributed by atoms with E-state index >= 15 is 0 Å². The van der Waals surface area contributed by atoms with Crippen molar-refractivity contribution in [1.29, 1.82) is 0 Å². The first-order valence-electron chi connectivity index (χ1n) is 5.17. The molecule has 3 heteroatoms. The van der Waals surface area contributed by atoms with Crippen LogP contribution < -0.4 is 14.2 Å². The maximum Gasteiger partial charge on any atom is 0.164 e. The summed E-state index contributed by atoms with van der Waals surface area (Å²) in [4.78, 5) is 0. The average Bonchev–Trinajstić information content (AvgIpc) is 2.27. The Hall–Kier alpha value is -1.64. The van der Waals surface area contributed by atoms with Crippen molar-refractivity contribution in [1.82, 2.24) is 0 Å². The number of hydrogen-bond acceptors (Lipinski definition) is 3. The summed E-state index contributed by atoms with van der Waals surface area (Å²) in [5, 5.41) is 0. The van der Waals surface area contributed by atoms with Crippen molar-refractivity contribution in [2.24, 2.45) is 0 Å². The molecule has 0 heterocycles. The van der Waals surface area contributed by atoms with Gasteiger partial charge in [0, 0.05) is 11.6 Å². The van der Waals surface area contributed by atoms with Gasteiger partial charge >= 0.3 is 0 Å². The van der Waals surface area contributed by atoms with Crippen molar-refractivity contribution in [3.05, 3.63) is 24.3 Å². The van der Waals surface area contributed by atoms with E-state index in [2.05, 4.69) is 6.58 Å². The zero-order valence-corrected chi connectivity index (χ0v) is 10.2. The van der Waals surface area contributed by atoms with E-state index in [0.717, 1.165) is 11.3 Å². The van der Waals surface area contributed by atoms with E-state index in [0.29, 0.717) is 11.5 Å². The molecular formula is C13H18O3. The molecule has 88 valence electrons. The Labute approximate surface area is 96.6 Å². The molecule has 16 heavy (non-hydrogen) atoms. The number of hydrogen-bond donors (Lipinski definition) is 0. The number of ether oxygens (including phenoxy) is 3. The van der Waals surface area contributed by atoms with Gasteiger partial charge in [0.25, 0.3) is 0 Å². The minimum Gasteiger partial charge on any atom is -0.493 e. The van der Waals surface area contributed by atoms with Gasteiger partial charge in [0.2, 0.25) is 0 Å². The van der Waals surface area contributed by atoms with Crippen LogP contribution in [0.15, 0.2) is 18.7 Å². The minimum atomic E-state index is 0.108. The van der Waals surface area contributed by atoms with Crippen LogP contribution in [0.25, 0.3) is 6.08 Å². The van der Waals surface area contributed by atoms with Gasteiger partial charge in [-0.1, -0.05) is 12.7 Å². The summed E-state index contributed by atoms with van der Waals surface area (Å²) in [6, 6.07) is 3.67. The van der Waals surface area contributed by atoms with E-state index in [1.54, 1.807) is 20.3 Å². The largest absolute Gasteiger partial charge is 0.493 e. The van der Waals surface area contributed by atoms with Gasteiger partial charge in [-0.15, -0.1) is 0 Å². The van der Waals surface area contributed by atoms with Crippen molar-refractivity contribution in [3.8, 4) is 17.2 Å². The monoisotopic (exact) mass is 222 g/mol. The van der Waals surface area contributed by atoms with Crippen LogP contribution in [0.4, 0.5) is 0 Å². The summed E-state index contributed by atoms with van der Waals surface area (Å²) in [7, 11) is 3.21. The lowest BCUT2D eigenvalue weighted by Gasteiger charge is -2.15. The van der Waals surface area contributed by atoms with Crippen molar-refractivity contribution >= 4 is 6.08 Å². The quantitative estimate of drug-likeness (QED) is 0.766. The summed E-state index contributed by atoms with van der Waals surface area (Å²) < 4.78 is 16.1. The van der Waals surface area contributed by atoms with Gasteiger partial charge in [0.05, 0.1) is 20.3 Å². The van der Waals surface area contributed by atoms with Crippen molar-refractivity contribution in [3.63, 3.8) is 0 Å². The van der Waals surface area contributed by atoms with Crippen LogP contribution in [0.2, 0.25) is 0 Å². The first kappa shape index (κ1) is 12.4. The summed E-state index contributed by atoms with van der Waals surface area (Å²) in [6.45, 7) is 7.70. The Balaban J connectivity index is 3.20. The Bertz CT molecular complexity index is 370. The van der Waals surface area contributed by atoms with Gasteiger partial charge in [-0.05, 0) is 19.9 Å². The fraction of sp³-hybridized carbons (Fsp3) is 0.385. The summed E-state index contributed by atoms with van der Waals surface area (Å²) in [5.74, 6) is 2.08. The van der Waals surface area contributed by atoms with Crippen LogP contribution >= 0.6 is 0 Å². The molecule has 0 saturated carbocycles. The predicted octanol–water partition coefficient (Wildman–Crippen LogP) is 3.13. The first-order chi connectivity index (χ1) is 7.62. The van der Waals surface area contributed by atoms with Gasteiger partial charge in [-0.2, -0.15) is 0 Å². The zero-order valence-electron chi connectivity index (χ0n) is 10.2. The van der Waals surface area contributed by atoms with Crippen LogP contribution in [0.3, 0.4) is 0 Å². The van der Waals surface area contributed by atoms with Gasteiger partial charge in [0.1, 0.15) is 5.75 Å². The molecule has 0 atom stereocenters. The third-order valence-corrected chi connectivity index (χ3v) is 2.10. The molecule has 1 aromatic rings. The fourth-order valence-corrected chi connectivity index (χ4v) is 1.39. The van der Waals surface area contributed by atoms with Crippen molar-refractivity contribution < 1.29 is 14.2 Å². The summed E-state index contributed by atoms with van der Waals surface area (Å²) in [6.07, 6.45) is 1.84. The first-order valence-corrected chi connectivity index (χ1v) is 5.17. The highest BCUT2D eigenvalue weighted by Crippen LogP contribution is 2.35. The van der Waals surface area contributed by atoms with E-state index in [9.17, 15) is 0 Å². The lowest BCUT2D eigenvalue weighted by Crippen LogP contribution is -2.07. The van der Waals surface area contributed by atoms with E-state index in [-0.39, 0.29) is 6.10 Å². The molecule has 0 saturated heterocycles. The van der Waals surface area contributed by atoms with Gasteiger partial charge in [-0.25, -0.2) is 0 Å². The second-order valence-corrected chi connectivity index (χ2v) is 3.62. The average molecular weight is 222 g/mol. The van der Waals surface area contributed by atoms with Gasteiger partial charge < -0.3 is 14.2 Å². The molecule has 0 N–H and O–H groups in total. The van der Waals surface area contributed by atoms with Crippen molar-refractivity contribution in [2.45, 2.75) is 20.0 Å². The molecule has 1 rings (SSSR count). The molecular weight excluding hydrogens is 204 g/mol. The number of benzene rings is 1. The summed E-state index contributed by atoms with van der Waals surface area (Å²) >= 11 is 0. The smallest absolute Gasteiger partial charge is 0.164 e. The molecule has 0 spiro atoms. The molecule has 3 nitrogen and oxygen atoms in total. The Morgan fingerprint density at radius 2 is 1.62 bits per heavy atom. The lowest BCUT2D eigenvalue weighted by atomic mass is 10.1. The highest BCUT2D eigenvalue weighted by molar-refractivity contribution is 5.62. The molecule has 0 bridgehead atoms. The van der Waals surface area contributed by atoms with Crippen LogP contribution in [-0.2, 0) is 0 Å². The van der Waals surface area contributed by atoms with Gasteiger partial charge in [0.15, 0.2) is 11.5 Å². The Morgan fingerprint density at radius 1 is 1.06 bits per heavy atom. The Morgan fingerprint density at radius 3 is 2.06 bits per heavy atom. The molecule has 0 fully saturated rings. The van der Waals surface area contributed by atoms with Crippen LogP contribution in [-0.4, -0.2) is 20.3 Å². The molecule has 0 aliphatic carbocycles. The van der Waals surface area contributed by atoms with Crippen molar-refractivity contribution in [2.75, 3.05) is 14.2 Å². The Kier molecular flexibility index (Phi) is 4.23. The summed E-state index contributed by atoms with van der Waals surface area (Å²) in [5.41, 5.74) is 0.895. The molecule has 0 aromatic heterocycles.